The second kappa shape index (κ2) is 11.2. The monoisotopic (exact) mass is 480 g/mol. The smallest absolute Gasteiger partial charge is 0.261 e. The van der Waals surface area contributed by atoms with Gasteiger partial charge >= 0.3 is 0 Å². The van der Waals surface area contributed by atoms with Gasteiger partial charge in [0.25, 0.3) is 5.91 Å². The lowest BCUT2D eigenvalue weighted by Gasteiger charge is -2.29. The summed E-state index contributed by atoms with van der Waals surface area (Å²) in [6.45, 7) is 6.25. The van der Waals surface area contributed by atoms with Gasteiger partial charge in [-0.3, -0.25) is 9.59 Å². The molecule has 1 atom stereocenters. The van der Waals surface area contributed by atoms with Gasteiger partial charge in [-0.15, -0.1) is 0 Å². The van der Waals surface area contributed by atoms with Crippen molar-refractivity contribution in [1.82, 2.24) is 10.2 Å². The lowest BCUT2D eigenvalue weighted by Crippen LogP contribution is -2.49. The van der Waals surface area contributed by atoms with Gasteiger partial charge in [0.05, 0.1) is 0 Å². The zero-order valence-electron chi connectivity index (χ0n) is 16.9. The molecule has 29 heavy (non-hydrogen) atoms. The molecule has 0 spiro atoms. The zero-order chi connectivity index (χ0) is 21.4. The molecule has 0 fully saturated rings. The molecule has 0 aliphatic heterocycles. The molecule has 0 bridgehead atoms. The number of aryl methyl sites for hydroxylation is 1. The Kier molecular flexibility index (Phi) is 8.99. The predicted octanol–water partition coefficient (Wildman–Crippen LogP) is 4.73. The molecule has 1 N–H and O–H groups in total. The Morgan fingerprint density at radius 1 is 1.24 bits per heavy atom. The standard InChI is InChI=1S/C22H26BrClN2O3/c1-4-11-25-22(28)16(3)26(13-17-7-5-6-8-20(17)24)21(27)14-29-18-9-10-19(23)15(2)12-18/h5-10,12,16H,4,11,13-14H2,1-3H3,(H,25,28)/t16-/m1/s1. The highest BCUT2D eigenvalue weighted by atomic mass is 79.9. The topological polar surface area (TPSA) is 58.6 Å². The molecule has 0 saturated heterocycles. The number of rotatable bonds is 9. The molecule has 2 amide bonds. The van der Waals surface area contributed by atoms with E-state index in [2.05, 4.69) is 21.2 Å². The van der Waals surface area contributed by atoms with Crippen molar-refractivity contribution in [3.05, 3.63) is 63.1 Å². The van der Waals surface area contributed by atoms with Crippen LogP contribution in [0.2, 0.25) is 5.02 Å². The van der Waals surface area contributed by atoms with Gasteiger partial charge in [-0.05, 0) is 55.7 Å². The van der Waals surface area contributed by atoms with E-state index in [1.807, 2.05) is 44.2 Å². The van der Waals surface area contributed by atoms with Crippen LogP contribution in [0.4, 0.5) is 0 Å². The minimum Gasteiger partial charge on any atom is -0.484 e. The third kappa shape index (κ3) is 6.75. The van der Waals surface area contributed by atoms with Crippen molar-refractivity contribution in [3.63, 3.8) is 0 Å². The Bertz CT molecular complexity index is 860. The normalized spacial score (nSPS) is 11.6. The summed E-state index contributed by atoms with van der Waals surface area (Å²) in [5, 5.41) is 3.40. The average Bonchev–Trinajstić information content (AvgIpc) is 2.71. The molecule has 2 rings (SSSR count). The molecular formula is C22H26BrClN2O3. The number of benzene rings is 2. The molecule has 2 aromatic rings. The van der Waals surface area contributed by atoms with Crippen molar-refractivity contribution in [2.24, 2.45) is 0 Å². The Morgan fingerprint density at radius 3 is 2.62 bits per heavy atom. The van der Waals surface area contributed by atoms with E-state index in [4.69, 9.17) is 16.3 Å². The number of nitrogens with one attached hydrogen (secondary N) is 1. The van der Waals surface area contributed by atoms with Crippen LogP contribution in [-0.4, -0.2) is 35.9 Å². The molecule has 2 aromatic carbocycles. The lowest BCUT2D eigenvalue weighted by molar-refractivity contribution is -0.142. The van der Waals surface area contributed by atoms with Crippen LogP contribution in [0.25, 0.3) is 0 Å². The number of amides is 2. The fourth-order valence-electron chi connectivity index (χ4n) is 2.72. The maximum Gasteiger partial charge on any atom is 0.261 e. The quantitative estimate of drug-likeness (QED) is 0.563. The summed E-state index contributed by atoms with van der Waals surface area (Å²) in [5.74, 6) is 0.108. The van der Waals surface area contributed by atoms with Gasteiger partial charge in [0.2, 0.25) is 5.91 Å². The van der Waals surface area contributed by atoms with Crippen LogP contribution in [0.5, 0.6) is 5.75 Å². The van der Waals surface area contributed by atoms with Crippen molar-refractivity contribution in [3.8, 4) is 5.75 Å². The summed E-state index contributed by atoms with van der Waals surface area (Å²) >= 11 is 9.72. The van der Waals surface area contributed by atoms with E-state index in [0.29, 0.717) is 17.3 Å². The number of carbonyl (C=O) groups excluding carboxylic acids is 2. The molecule has 0 aliphatic rings. The van der Waals surface area contributed by atoms with Crippen molar-refractivity contribution < 1.29 is 14.3 Å². The first-order valence-corrected chi connectivity index (χ1v) is 10.7. The van der Waals surface area contributed by atoms with E-state index in [1.54, 1.807) is 19.1 Å². The van der Waals surface area contributed by atoms with E-state index >= 15 is 0 Å². The fourth-order valence-corrected chi connectivity index (χ4v) is 3.17. The van der Waals surface area contributed by atoms with Crippen LogP contribution in [0.3, 0.4) is 0 Å². The highest BCUT2D eigenvalue weighted by Gasteiger charge is 2.26. The van der Waals surface area contributed by atoms with Crippen molar-refractivity contribution in [2.45, 2.75) is 39.8 Å². The molecule has 0 unspecified atom stereocenters. The third-order valence-electron chi connectivity index (χ3n) is 4.51. The predicted molar refractivity (Wildman–Crippen MR) is 119 cm³/mol. The molecule has 0 aliphatic carbocycles. The Hall–Kier alpha value is -2.05. The molecule has 0 aromatic heterocycles. The van der Waals surface area contributed by atoms with E-state index in [1.165, 1.54) is 4.90 Å². The SMILES string of the molecule is CCCNC(=O)[C@@H](C)N(Cc1ccccc1Cl)C(=O)COc1ccc(Br)c(C)c1. The van der Waals surface area contributed by atoms with Crippen LogP contribution in [-0.2, 0) is 16.1 Å². The van der Waals surface area contributed by atoms with Crippen LogP contribution in [0.15, 0.2) is 46.9 Å². The number of hydrogen-bond acceptors (Lipinski definition) is 3. The first kappa shape index (κ1) is 23.2. The van der Waals surface area contributed by atoms with Crippen molar-refractivity contribution in [2.75, 3.05) is 13.2 Å². The summed E-state index contributed by atoms with van der Waals surface area (Å²) in [4.78, 5) is 27.0. The summed E-state index contributed by atoms with van der Waals surface area (Å²) < 4.78 is 6.66. The molecule has 0 radical (unpaired) electrons. The maximum absolute atomic E-state index is 13.0. The second-order valence-electron chi connectivity index (χ2n) is 6.78. The van der Waals surface area contributed by atoms with Gasteiger partial charge in [-0.1, -0.05) is 52.7 Å². The van der Waals surface area contributed by atoms with Gasteiger partial charge in [0, 0.05) is 22.6 Å². The van der Waals surface area contributed by atoms with Gasteiger partial charge in [0.1, 0.15) is 11.8 Å². The highest BCUT2D eigenvalue weighted by molar-refractivity contribution is 9.10. The van der Waals surface area contributed by atoms with Crippen LogP contribution < -0.4 is 10.1 Å². The van der Waals surface area contributed by atoms with Gasteiger partial charge < -0.3 is 15.0 Å². The molecule has 0 saturated carbocycles. The van der Waals surface area contributed by atoms with Crippen LogP contribution in [0, 0.1) is 6.92 Å². The van der Waals surface area contributed by atoms with Gasteiger partial charge in [0.15, 0.2) is 6.61 Å². The number of halogens is 2. The zero-order valence-corrected chi connectivity index (χ0v) is 19.2. The molecule has 7 heteroatoms. The number of nitrogens with zero attached hydrogens (tertiary/aromatic N) is 1. The third-order valence-corrected chi connectivity index (χ3v) is 5.77. The molecular weight excluding hydrogens is 456 g/mol. The van der Waals surface area contributed by atoms with E-state index in [-0.39, 0.29) is 25.0 Å². The Morgan fingerprint density at radius 2 is 1.97 bits per heavy atom. The van der Waals surface area contributed by atoms with Crippen LogP contribution >= 0.6 is 27.5 Å². The average molecular weight is 482 g/mol. The molecule has 156 valence electrons. The molecule has 5 nitrogen and oxygen atoms in total. The summed E-state index contributed by atoms with van der Waals surface area (Å²) in [7, 11) is 0. The summed E-state index contributed by atoms with van der Waals surface area (Å²) in [6, 6.07) is 12.2. The minimum atomic E-state index is -0.652. The molecule has 0 heterocycles. The van der Waals surface area contributed by atoms with E-state index in [0.717, 1.165) is 22.0 Å². The van der Waals surface area contributed by atoms with Gasteiger partial charge in [-0.25, -0.2) is 0 Å². The summed E-state index contributed by atoms with van der Waals surface area (Å²) in [6.07, 6.45) is 0.822. The lowest BCUT2D eigenvalue weighted by atomic mass is 10.1. The first-order chi connectivity index (χ1) is 13.8. The largest absolute Gasteiger partial charge is 0.484 e. The second-order valence-corrected chi connectivity index (χ2v) is 8.04. The number of carbonyl (C=O) groups is 2. The number of hydrogen-bond donors (Lipinski definition) is 1. The summed E-state index contributed by atoms with van der Waals surface area (Å²) in [5.41, 5.74) is 1.78. The highest BCUT2D eigenvalue weighted by Crippen LogP contribution is 2.22. The van der Waals surface area contributed by atoms with Crippen molar-refractivity contribution in [1.29, 1.82) is 0 Å². The Balaban J connectivity index is 2.15. The van der Waals surface area contributed by atoms with Crippen LogP contribution in [0.1, 0.15) is 31.4 Å². The minimum absolute atomic E-state index is 0.170. The van der Waals surface area contributed by atoms with E-state index in [9.17, 15) is 9.59 Å². The van der Waals surface area contributed by atoms with Crippen molar-refractivity contribution >= 4 is 39.3 Å². The van der Waals surface area contributed by atoms with Gasteiger partial charge in [-0.2, -0.15) is 0 Å². The number of ether oxygens (including phenoxy) is 1. The fraction of sp³-hybridized carbons (Fsp3) is 0.364. The maximum atomic E-state index is 13.0. The Labute approximate surface area is 185 Å². The van der Waals surface area contributed by atoms with E-state index < -0.39 is 6.04 Å². The first-order valence-electron chi connectivity index (χ1n) is 9.53.